The van der Waals surface area contributed by atoms with Gasteiger partial charge in [-0.25, -0.2) is 0 Å². The van der Waals surface area contributed by atoms with E-state index < -0.39 is 0 Å². The molecule has 0 atom stereocenters. The molecule has 1 rings (SSSR count). The highest BCUT2D eigenvalue weighted by molar-refractivity contribution is 6.37. The largest absolute Gasteiger partial charge is 0.384 e. The van der Waals surface area contributed by atoms with Crippen LogP contribution < -0.4 is 10.5 Å². The van der Waals surface area contributed by atoms with Crippen LogP contribution in [0.5, 0.6) is 0 Å². The SMILES string of the molecule is CCNc1c(Cl)ccc([Si])c1C(C)C. The fourth-order valence-electron chi connectivity index (χ4n) is 1.55. The van der Waals surface area contributed by atoms with Crippen LogP contribution in [0.2, 0.25) is 5.02 Å². The molecule has 3 heteroatoms. The van der Waals surface area contributed by atoms with Gasteiger partial charge in [0.15, 0.2) is 0 Å². The Morgan fingerprint density at radius 2 is 2.07 bits per heavy atom. The van der Waals surface area contributed by atoms with Gasteiger partial charge in [0.2, 0.25) is 0 Å². The highest BCUT2D eigenvalue weighted by Crippen LogP contribution is 2.29. The number of nitrogens with one attached hydrogen (secondary N) is 1. The van der Waals surface area contributed by atoms with Gasteiger partial charge in [-0.1, -0.05) is 36.7 Å². The third-order valence-electron chi connectivity index (χ3n) is 2.13. The van der Waals surface area contributed by atoms with Gasteiger partial charge < -0.3 is 5.32 Å². The van der Waals surface area contributed by atoms with Gasteiger partial charge in [0, 0.05) is 6.54 Å². The van der Waals surface area contributed by atoms with Crippen molar-refractivity contribution in [2.75, 3.05) is 11.9 Å². The Morgan fingerprint density at radius 1 is 1.43 bits per heavy atom. The summed E-state index contributed by atoms with van der Waals surface area (Å²) in [5.41, 5.74) is 2.30. The van der Waals surface area contributed by atoms with E-state index in [1.165, 1.54) is 5.56 Å². The molecule has 0 saturated heterocycles. The first-order valence-corrected chi connectivity index (χ1v) is 5.73. The van der Waals surface area contributed by atoms with Gasteiger partial charge in [-0.2, -0.15) is 0 Å². The summed E-state index contributed by atoms with van der Waals surface area (Å²) >= 11 is 6.14. The second-order valence-electron chi connectivity index (χ2n) is 3.57. The summed E-state index contributed by atoms with van der Waals surface area (Å²) in [6, 6.07) is 3.91. The third-order valence-corrected chi connectivity index (χ3v) is 2.88. The highest BCUT2D eigenvalue weighted by Gasteiger charge is 2.12. The van der Waals surface area contributed by atoms with Crippen LogP contribution in [-0.4, -0.2) is 16.8 Å². The molecule has 0 spiro atoms. The summed E-state index contributed by atoms with van der Waals surface area (Å²) < 4.78 is 0. The lowest BCUT2D eigenvalue weighted by Crippen LogP contribution is -2.15. The summed E-state index contributed by atoms with van der Waals surface area (Å²) in [6.07, 6.45) is 0. The van der Waals surface area contributed by atoms with E-state index in [0.29, 0.717) is 5.92 Å². The van der Waals surface area contributed by atoms with Crippen molar-refractivity contribution in [1.29, 1.82) is 0 Å². The monoisotopic (exact) mass is 224 g/mol. The summed E-state index contributed by atoms with van der Waals surface area (Å²) in [5, 5.41) is 5.20. The van der Waals surface area contributed by atoms with Crippen molar-refractivity contribution in [2.24, 2.45) is 0 Å². The number of rotatable bonds is 3. The van der Waals surface area contributed by atoms with Crippen LogP contribution in [0.3, 0.4) is 0 Å². The molecule has 75 valence electrons. The fourth-order valence-corrected chi connectivity index (χ4v) is 2.28. The maximum absolute atomic E-state index is 6.14. The molecule has 1 aromatic carbocycles. The topological polar surface area (TPSA) is 12.0 Å². The Hall–Kier alpha value is -0.473. The standard InChI is InChI=1S/C11H15ClNSi/c1-4-13-11-8(12)5-6-9(14)10(11)7(2)3/h5-7,13H,4H2,1-3H3. The summed E-state index contributed by atoms with van der Waals surface area (Å²) in [4.78, 5) is 0. The average Bonchev–Trinajstić information content (AvgIpc) is 2.11. The van der Waals surface area contributed by atoms with Crippen molar-refractivity contribution < 1.29 is 0 Å². The zero-order valence-corrected chi connectivity index (χ0v) is 10.6. The van der Waals surface area contributed by atoms with Crippen molar-refractivity contribution >= 4 is 32.7 Å². The quantitative estimate of drug-likeness (QED) is 0.779. The second-order valence-corrected chi connectivity index (χ2v) is 4.51. The van der Waals surface area contributed by atoms with Crippen molar-refractivity contribution in [1.82, 2.24) is 0 Å². The minimum atomic E-state index is 0.454. The van der Waals surface area contributed by atoms with Crippen LogP contribution in [-0.2, 0) is 0 Å². The van der Waals surface area contributed by atoms with Crippen LogP contribution >= 0.6 is 11.6 Å². The lowest BCUT2D eigenvalue weighted by Gasteiger charge is -2.18. The van der Waals surface area contributed by atoms with Gasteiger partial charge in [0.05, 0.1) is 21.0 Å². The van der Waals surface area contributed by atoms with E-state index in [2.05, 4.69) is 36.3 Å². The predicted octanol–water partition coefficient (Wildman–Crippen LogP) is 2.69. The molecule has 0 aliphatic rings. The Kier molecular flexibility index (Phi) is 4.02. The molecule has 0 amide bonds. The van der Waals surface area contributed by atoms with E-state index in [1.807, 2.05) is 12.1 Å². The van der Waals surface area contributed by atoms with E-state index in [1.54, 1.807) is 0 Å². The molecule has 0 bridgehead atoms. The molecule has 14 heavy (non-hydrogen) atoms. The van der Waals surface area contributed by atoms with Crippen molar-refractivity contribution in [3.63, 3.8) is 0 Å². The minimum Gasteiger partial charge on any atom is -0.384 e. The number of hydrogen-bond acceptors (Lipinski definition) is 1. The first-order valence-electron chi connectivity index (χ1n) is 4.85. The summed E-state index contributed by atoms with van der Waals surface area (Å²) in [7, 11) is 3.61. The molecule has 0 aliphatic carbocycles. The van der Waals surface area contributed by atoms with Crippen molar-refractivity contribution in [3.8, 4) is 0 Å². The fraction of sp³-hybridized carbons (Fsp3) is 0.455. The molecular formula is C11H15ClNSi. The van der Waals surface area contributed by atoms with Crippen LogP contribution in [0, 0.1) is 0 Å². The smallest absolute Gasteiger partial charge is 0.0716 e. The summed E-state index contributed by atoms with van der Waals surface area (Å²) in [6.45, 7) is 7.28. The molecule has 0 aromatic heterocycles. The molecule has 0 heterocycles. The number of anilines is 1. The van der Waals surface area contributed by atoms with Crippen molar-refractivity contribution in [3.05, 3.63) is 22.7 Å². The normalized spacial score (nSPS) is 10.7. The van der Waals surface area contributed by atoms with Crippen LogP contribution in [0.4, 0.5) is 5.69 Å². The van der Waals surface area contributed by atoms with E-state index in [4.69, 9.17) is 11.6 Å². The molecule has 1 N–H and O–H groups in total. The minimum absolute atomic E-state index is 0.454. The van der Waals surface area contributed by atoms with E-state index in [0.717, 1.165) is 22.4 Å². The Balaban J connectivity index is 3.26. The molecule has 0 fully saturated rings. The van der Waals surface area contributed by atoms with E-state index in [-0.39, 0.29) is 0 Å². The van der Waals surface area contributed by atoms with Gasteiger partial charge in [-0.05, 0) is 24.5 Å². The predicted molar refractivity (Wildman–Crippen MR) is 65.1 cm³/mol. The first kappa shape index (κ1) is 11.6. The second kappa shape index (κ2) is 4.85. The first-order chi connectivity index (χ1) is 6.57. The Morgan fingerprint density at radius 3 is 2.57 bits per heavy atom. The summed E-state index contributed by atoms with van der Waals surface area (Å²) in [5.74, 6) is 0.454. The van der Waals surface area contributed by atoms with Gasteiger partial charge in [-0.15, -0.1) is 0 Å². The molecule has 0 aliphatic heterocycles. The van der Waals surface area contributed by atoms with Crippen LogP contribution in [0.1, 0.15) is 32.3 Å². The Bertz CT molecular complexity index is 323. The lowest BCUT2D eigenvalue weighted by atomic mass is 10.0. The number of hydrogen-bond donors (Lipinski definition) is 1. The zero-order chi connectivity index (χ0) is 10.7. The van der Waals surface area contributed by atoms with Gasteiger partial charge >= 0.3 is 0 Å². The van der Waals surface area contributed by atoms with Gasteiger partial charge in [0.25, 0.3) is 0 Å². The maximum atomic E-state index is 6.14. The van der Waals surface area contributed by atoms with E-state index in [9.17, 15) is 0 Å². The van der Waals surface area contributed by atoms with Gasteiger partial charge in [-0.3, -0.25) is 0 Å². The zero-order valence-electron chi connectivity index (χ0n) is 8.82. The molecule has 1 nitrogen and oxygen atoms in total. The van der Waals surface area contributed by atoms with Crippen LogP contribution in [0.25, 0.3) is 0 Å². The number of halogens is 1. The molecule has 3 radical (unpaired) electrons. The third kappa shape index (κ3) is 2.31. The average molecular weight is 225 g/mol. The molecular weight excluding hydrogens is 210 g/mol. The maximum Gasteiger partial charge on any atom is 0.0716 e. The lowest BCUT2D eigenvalue weighted by molar-refractivity contribution is 0.873. The van der Waals surface area contributed by atoms with Crippen molar-refractivity contribution in [2.45, 2.75) is 26.7 Å². The van der Waals surface area contributed by atoms with E-state index >= 15 is 0 Å². The molecule has 0 saturated carbocycles. The highest BCUT2D eigenvalue weighted by atomic mass is 35.5. The molecule has 1 aromatic rings. The number of benzene rings is 1. The van der Waals surface area contributed by atoms with Gasteiger partial charge in [0.1, 0.15) is 0 Å². The molecule has 0 unspecified atom stereocenters. The van der Waals surface area contributed by atoms with Crippen LogP contribution in [0.15, 0.2) is 12.1 Å². The Labute approximate surface area is 94.3 Å².